The number of nitrogens with one attached hydrogen (secondary N) is 1. The number of carbonyl (C=O) groups excluding carboxylic acids is 2. The number of rotatable bonds is 9. The van der Waals surface area contributed by atoms with E-state index in [0.717, 1.165) is 5.56 Å². The molecule has 1 aliphatic heterocycles. The molecule has 1 heterocycles. The zero-order valence-corrected chi connectivity index (χ0v) is 18.0. The Kier molecular flexibility index (Phi) is 8.60. The first-order chi connectivity index (χ1) is 13.8. The van der Waals surface area contributed by atoms with Crippen molar-refractivity contribution in [3.05, 3.63) is 53.0 Å². The van der Waals surface area contributed by atoms with Crippen LogP contribution in [0, 0.1) is 5.92 Å². The van der Waals surface area contributed by atoms with E-state index in [0.29, 0.717) is 15.6 Å². The summed E-state index contributed by atoms with van der Waals surface area (Å²) >= 11 is 6.44. The summed E-state index contributed by atoms with van der Waals surface area (Å²) in [5.74, 6) is -1.59. The Hall–Kier alpha value is -2.45. The minimum Gasteiger partial charge on any atom is -0.480 e. The predicted octanol–water partition coefficient (Wildman–Crippen LogP) is 3.45. The van der Waals surface area contributed by atoms with Gasteiger partial charge in [-0.05, 0) is 24.0 Å². The van der Waals surface area contributed by atoms with Crippen molar-refractivity contribution in [3.8, 4) is 0 Å². The van der Waals surface area contributed by atoms with Crippen LogP contribution >= 0.6 is 24.0 Å². The molecule has 8 heteroatoms. The molecule has 154 valence electrons. The summed E-state index contributed by atoms with van der Waals surface area (Å²) in [5.41, 5.74) is 1.02. The van der Waals surface area contributed by atoms with Crippen molar-refractivity contribution in [2.45, 2.75) is 32.7 Å². The summed E-state index contributed by atoms with van der Waals surface area (Å²) < 4.78 is 0.388. The number of carboxylic acid groups (broad SMARTS) is 1. The van der Waals surface area contributed by atoms with Crippen LogP contribution in [0.25, 0.3) is 6.08 Å². The number of benzene rings is 1. The molecule has 0 aromatic heterocycles. The topological polar surface area (TPSA) is 86.7 Å². The fraction of sp³-hybridized carbons (Fsp3) is 0.333. The van der Waals surface area contributed by atoms with Crippen molar-refractivity contribution >= 4 is 52.2 Å². The molecule has 1 aliphatic rings. The molecule has 0 spiro atoms. The van der Waals surface area contributed by atoms with Gasteiger partial charge in [0.15, 0.2) is 0 Å². The summed E-state index contributed by atoms with van der Waals surface area (Å²) in [5, 5.41) is 11.7. The minimum atomic E-state index is -1.06. The summed E-state index contributed by atoms with van der Waals surface area (Å²) in [6.07, 6.45) is 5.72. The number of thioether (sulfide) groups is 1. The quantitative estimate of drug-likeness (QED) is 0.459. The standard InChI is InChI=1S/C21H24N2O4S2/c1-14(2)13-16(20(26)27)22-18(24)11-12-23-19(25)17(29-21(23)28)10-6-9-15-7-4-3-5-8-15/h3-10,14,16H,11-13H2,1-2H3,(H,22,24)(H,26,27)/b9-6+,17-10+/t16-/m0/s1. The third kappa shape index (κ3) is 7.14. The molecule has 0 radical (unpaired) electrons. The average molecular weight is 433 g/mol. The maximum atomic E-state index is 12.5. The van der Waals surface area contributed by atoms with Crippen molar-refractivity contribution in [2.75, 3.05) is 6.54 Å². The van der Waals surface area contributed by atoms with E-state index < -0.39 is 17.9 Å². The van der Waals surface area contributed by atoms with Crippen molar-refractivity contribution in [2.24, 2.45) is 5.92 Å². The summed E-state index contributed by atoms with van der Waals surface area (Å²) in [6.45, 7) is 3.89. The Labute approximate surface area is 180 Å². The zero-order chi connectivity index (χ0) is 21.4. The SMILES string of the molecule is CC(C)C[C@H](NC(=O)CCN1C(=O)/C(=C\C=C\c2ccccc2)SC1=S)C(=O)O. The molecule has 1 saturated heterocycles. The highest BCUT2D eigenvalue weighted by molar-refractivity contribution is 8.26. The van der Waals surface area contributed by atoms with E-state index in [1.165, 1.54) is 16.7 Å². The molecule has 2 amide bonds. The molecule has 29 heavy (non-hydrogen) atoms. The summed E-state index contributed by atoms with van der Waals surface area (Å²) in [4.78, 5) is 37.8. The van der Waals surface area contributed by atoms with E-state index in [1.54, 1.807) is 12.2 Å². The number of amides is 2. The molecule has 2 rings (SSSR count). The Balaban J connectivity index is 1.91. The van der Waals surface area contributed by atoms with Crippen LogP contribution in [0.2, 0.25) is 0 Å². The van der Waals surface area contributed by atoms with E-state index >= 15 is 0 Å². The second-order valence-corrected chi connectivity index (χ2v) is 8.64. The second kappa shape index (κ2) is 10.9. The number of aliphatic carboxylic acids is 1. The summed E-state index contributed by atoms with van der Waals surface area (Å²) in [7, 11) is 0. The highest BCUT2D eigenvalue weighted by atomic mass is 32.2. The molecule has 2 N–H and O–H groups in total. The fourth-order valence-corrected chi connectivity index (χ4v) is 3.95. The van der Waals surface area contributed by atoms with Crippen LogP contribution in [-0.2, 0) is 14.4 Å². The van der Waals surface area contributed by atoms with Gasteiger partial charge in [0.25, 0.3) is 5.91 Å². The largest absolute Gasteiger partial charge is 0.480 e. The molecular weight excluding hydrogens is 408 g/mol. The maximum Gasteiger partial charge on any atom is 0.326 e. The molecule has 1 atom stereocenters. The Bertz CT molecular complexity index is 834. The number of hydrogen-bond donors (Lipinski definition) is 2. The van der Waals surface area contributed by atoms with Gasteiger partial charge >= 0.3 is 5.97 Å². The van der Waals surface area contributed by atoms with Gasteiger partial charge < -0.3 is 10.4 Å². The van der Waals surface area contributed by atoms with E-state index in [2.05, 4.69) is 5.32 Å². The van der Waals surface area contributed by atoms with E-state index in [1.807, 2.05) is 50.3 Å². The van der Waals surface area contributed by atoms with Gasteiger partial charge in [-0.25, -0.2) is 4.79 Å². The third-order valence-electron chi connectivity index (χ3n) is 4.11. The van der Waals surface area contributed by atoms with Crippen LogP contribution < -0.4 is 5.32 Å². The van der Waals surface area contributed by atoms with Gasteiger partial charge in [-0.3, -0.25) is 14.5 Å². The summed E-state index contributed by atoms with van der Waals surface area (Å²) in [6, 6.07) is 8.77. The second-order valence-electron chi connectivity index (χ2n) is 6.96. The number of nitrogens with zero attached hydrogens (tertiary/aromatic N) is 1. The molecule has 1 aromatic rings. The van der Waals surface area contributed by atoms with Crippen LogP contribution in [0.4, 0.5) is 0 Å². The molecule has 6 nitrogen and oxygen atoms in total. The predicted molar refractivity (Wildman–Crippen MR) is 119 cm³/mol. The van der Waals surface area contributed by atoms with Crippen molar-refractivity contribution < 1.29 is 19.5 Å². The lowest BCUT2D eigenvalue weighted by Gasteiger charge is -2.18. The minimum absolute atomic E-state index is 0.0125. The van der Waals surface area contributed by atoms with Gasteiger partial charge in [-0.15, -0.1) is 0 Å². The van der Waals surface area contributed by atoms with E-state index in [4.69, 9.17) is 12.2 Å². The number of allylic oxidation sites excluding steroid dienone is 2. The third-order valence-corrected chi connectivity index (χ3v) is 5.51. The van der Waals surface area contributed by atoms with Gasteiger partial charge in [0, 0.05) is 13.0 Å². The molecule has 0 aliphatic carbocycles. The first-order valence-electron chi connectivity index (χ1n) is 9.27. The van der Waals surface area contributed by atoms with Gasteiger partial charge in [-0.1, -0.05) is 80.3 Å². The van der Waals surface area contributed by atoms with Crippen LogP contribution in [0.3, 0.4) is 0 Å². The Morgan fingerprint density at radius 1 is 1.28 bits per heavy atom. The van der Waals surface area contributed by atoms with Crippen LogP contribution in [0.15, 0.2) is 47.4 Å². The number of hydrogen-bond acceptors (Lipinski definition) is 5. The van der Waals surface area contributed by atoms with E-state index in [-0.39, 0.29) is 24.8 Å². The zero-order valence-electron chi connectivity index (χ0n) is 16.3. The fourth-order valence-electron chi connectivity index (χ4n) is 2.69. The average Bonchev–Trinajstić information content (AvgIpc) is 2.93. The normalized spacial score (nSPS) is 16.8. The maximum absolute atomic E-state index is 12.5. The first-order valence-corrected chi connectivity index (χ1v) is 10.5. The van der Waals surface area contributed by atoms with Crippen molar-refractivity contribution in [3.63, 3.8) is 0 Å². The van der Waals surface area contributed by atoms with Gasteiger partial charge in [0.05, 0.1) is 4.91 Å². The Morgan fingerprint density at radius 2 is 1.97 bits per heavy atom. The Morgan fingerprint density at radius 3 is 2.59 bits per heavy atom. The van der Waals surface area contributed by atoms with E-state index in [9.17, 15) is 19.5 Å². The van der Waals surface area contributed by atoms with Crippen LogP contribution in [-0.4, -0.2) is 44.7 Å². The van der Waals surface area contributed by atoms with Gasteiger partial charge in [0.1, 0.15) is 10.4 Å². The smallest absolute Gasteiger partial charge is 0.326 e. The monoisotopic (exact) mass is 432 g/mol. The molecule has 0 unspecified atom stereocenters. The number of carboxylic acids is 1. The highest BCUT2D eigenvalue weighted by Crippen LogP contribution is 2.31. The van der Waals surface area contributed by atoms with Crippen molar-refractivity contribution in [1.82, 2.24) is 10.2 Å². The first kappa shape index (κ1) is 22.8. The lowest BCUT2D eigenvalue weighted by molar-refractivity contribution is -0.142. The van der Waals surface area contributed by atoms with Crippen LogP contribution in [0.5, 0.6) is 0 Å². The molecule has 0 bridgehead atoms. The van der Waals surface area contributed by atoms with Gasteiger partial charge in [-0.2, -0.15) is 0 Å². The molecule has 0 saturated carbocycles. The highest BCUT2D eigenvalue weighted by Gasteiger charge is 2.32. The lowest BCUT2D eigenvalue weighted by atomic mass is 10.0. The van der Waals surface area contributed by atoms with Crippen LogP contribution in [0.1, 0.15) is 32.3 Å². The molecular formula is C21H24N2O4S2. The molecule has 1 fully saturated rings. The lowest BCUT2D eigenvalue weighted by Crippen LogP contribution is -2.43. The number of carbonyl (C=O) groups is 3. The van der Waals surface area contributed by atoms with Gasteiger partial charge in [0.2, 0.25) is 5.91 Å². The number of thiocarbonyl (C=S) groups is 1. The molecule has 1 aromatic carbocycles. The van der Waals surface area contributed by atoms with Crippen molar-refractivity contribution in [1.29, 1.82) is 0 Å².